The van der Waals surface area contributed by atoms with E-state index in [9.17, 15) is 15.0 Å². The Morgan fingerprint density at radius 3 is 2.63 bits per heavy atom. The first-order valence-electron chi connectivity index (χ1n) is 8.69. The summed E-state index contributed by atoms with van der Waals surface area (Å²) < 4.78 is 5.90. The van der Waals surface area contributed by atoms with Crippen LogP contribution in [0.3, 0.4) is 0 Å². The normalized spacial score (nSPS) is 15.1. The number of aliphatic carboxylic acids is 1. The first-order chi connectivity index (χ1) is 12.8. The van der Waals surface area contributed by atoms with Crippen LogP contribution >= 0.6 is 0 Å². The lowest BCUT2D eigenvalue weighted by atomic mass is 9.91. The third kappa shape index (κ3) is 3.88. The lowest BCUT2D eigenvalue weighted by Crippen LogP contribution is -2.35. The summed E-state index contributed by atoms with van der Waals surface area (Å²) in [5.41, 5.74) is 3.43. The Morgan fingerprint density at radius 1 is 1.19 bits per heavy atom. The van der Waals surface area contributed by atoms with Crippen molar-refractivity contribution in [2.24, 2.45) is 0 Å². The van der Waals surface area contributed by atoms with Gasteiger partial charge in [0.15, 0.2) is 0 Å². The van der Waals surface area contributed by atoms with Crippen molar-refractivity contribution in [1.29, 1.82) is 0 Å². The van der Waals surface area contributed by atoms with Crippen LogP contribution in [0.25, 0.3) is 5.57 Å². The van der Waals surface area contributed by atoms with E-state index in [0.29, 0.717) is 17.9 Å². The van der Waals surface area contributed by atoms with Gasteiger partial charge in [0.1, 0.15) is 12.4 Å². The van der Waals surface area contributed by atoms with Gasteiger partial charge >= 0.3 is 5.97 Å². The van der Waals surface area contributed by atoms with Crippen molar-refractivity contribution >= 4 is 11.5 Å². The molecule has 1 aliphatic heterocycles. The Bertz CT molecular complexity index is 886. The van der Waals surface area contributed by atoms with Gasteiger partial charge in [0, 0.05) is 17.7 Å². The van der Waals surface area contributed by atoms with Crippen molar-refractivity contribution in [3.05, 3.63) is 70.8 Å². The minimum atomic E-state index is -2.96. The van der Waals surface area contributed by atoms with Crippen LogP contribution in [0.1, 0.15) is 28.7 Å². The van der Waals surface area contributed by atoms with Crippen molar-refractivity contribution in [2.75, 3.05) is 20.6 Å². The van der Waals surface area contributed by atoms with Gasteiger partial charge < -0.3 is 25.0 Å². The summed E-state index contributed by atoms with van der Waals surface area (Å²) in [6.45, 7) is 1.23. The number of rotatable bonds is 5. The van der Waals surface area contributed by atoms with Gasteiger partial charge in [-0.25, -0.2) is 4.79 Å². The Kier molecular flexibility index (Phi) is 5.32. The molecule has 0 aliphatic carbocycles. The third-order valence-corrected chi connectivity index (χ3v) is 4.59. The lowest BCUT2D eigenvalue weighted by molar-refractivity contribution is -0.208. The average molecular weight is 369 g/mol. The van der Waals surface area contributed by atoms with Gasteiger partial charge in [0.05, 0.1) is 0 Å². The molecular formula is C21H23NO5. The van der Waals surface area contributed by atoms with Crippen LogP contribution < -0.4 is 4.74 Å². The van der Waals surface area contributed by atoms with Crippen LogP contribution in [-0.4, -0.2) is 46.8 Å². The van der Waals surface area contributed by atoms with E-state index >= 15 is 0 Å². The van der Waals surface area contributed by atoms with Gasteiger partial charge in [-0.1, -0.05) is 30.3 Å². The average Bonchev–Trinajstić information content (AvgIpc) is 2.78. The SMILES string of the molecule is CN(C)CCC=C1c2ccccc2COc2ccc(C(O)(O)C(=O)O)cc21. The smallest absolute Gasteiger partial charge is 0.369 e. The van der Waals surface area contributed by atoms with Crippen LogP contribution in [0.2, 0.25) is 0 Å². The predicted molar refractivity (Wildman–Crippen MR) is 101 cm³/mol. The molecule has 0 radical (unpaired) electrons. The third-order valence-electron chi connectivity index (χ3n) is 4.59. The molecule has 1 aliphatic rings. The Morgan fingerprint density at radius 2 is 1.93 bits per heavy atom. The number of benzene rings is 2. The highest BCUT2D eigenvalue weighted by Gasteiger charge is 2.36. The van der Waals surface area contributed by atoms with Gasteiger partial charge in [-0.05, 0) is 55.4 Å². The number of ether oxygens (including phenoxy) is 1. The maximum absolute atomic E-state index is 11.2. The molecule has 0 spiro atoms. The van der Waals surface area contributed by atoms with E-state index in [1.165, 1.54) is 12.1 Å². The van der Waals surface area contributed by atoms with Crippen molar-refractivity contribution in [1.82, 2.24) is 4.90 Å². The number of carbonyl (C=O) groups is 1. The van der Waals surface area contributed by atoms with E-state index in [1.54, 1.807) is 6.07 Å². The van der Waals surface area contributed by atoms with E-state index in [2.05, 4.69) is 11.0 Å². The Hall–Kier alpha value is -2.67. The number of nitrogens with zero attached hydrogens (tertiary/aromatic N) is 1. The van der Waals surface area contributed by atoms with E-state index in [-0.39, 0.29) is 5.56 Å². The quantitative estimate of drug-likeness (QED) is 0.700. The summed E-state index contributed by atoms with van der Waals surface area (Å²) in [6, 6.07) is 12.3. The first-order valence-corrected chi connectivity index (χ1v) is 8.69. The van der Waals surface area contributed by atoms with E-state index in [4.69, 9.17) is 9.84 Å². The Labute approximate surface area is 157 Å². The van der Waals surface area contributed by atoms with E-state index in [1.807, 2.05) is 38.4 Å². The molecule has 0 fully saturated rings. The molecule has 0 bridgehead atoms. The molecule has 0 aromatic heterocycles. The van der Waals surface area contributed by atoms with Crippen LogP contribution in [-0.2, 0) is 17.2 Å². The molecule has 0 saturated heterocycles. The molecule has 2 aromatic rings. The number of hydrogen-bond donors (Lipinski definition) is 3. The van der Waals surface area contributed by atoms with Gasteiger partial charge in [0.25, 0.3) is 5.79 Å². The predicted octanol–water partition coefficient (Wildman–Crippen LogP) is 2.18. The lowest BCUT2D eigenvalue weighted by Gasteiger charge is -2.19. The molecule has 0 unspecified atom stereocenters. The van der Waals surface area contributed by atoms with Crippen molar-refractivity contribution in [3.63, 3.8) is 0 Å². The highest BCUT2D eigenvalue weighted by Crippen LogP contribution is 2.38. The van der Waals surface area contributed by atoms with Crippen molar-refractivity contribution in [2.45, 2.75) is 18.8 Å². The molecular weight excluding hydrogens is 346 g/mol. The summed E-state index contributed by atoms with van der Waals surface area (Å²) in [6.07, 6.45) is 2.86. The van der Waals surface area contributed by atoms with Crippen LogP contribution in [0.4, 0.5) is 0 Å². The van der Waals surface area contributed by atoms with Gasteiger partial charge in [-0.15, -0.1) is 0 Å². The number of fused-ring (bicyclic) bond motifs is 2. The molecule has 1 heterocycles. The second-order valence-electron chi connectivity index (χ2n) is 6.84. The fourth-order valence-corrected chi connectivity index (χ4v) is 3.10. The summed E-state index contributed by atoms with van der Waals surface area (Å²) >= 11 is 0. The standard InChI is InChI=1S/C21H23NO5/c1-22(2)11-5-8-17-16-7-4-3-6-14(16)13-27-19-10-9-15(12-18(17)19)21(25,26)20(23)24/h3-4,6-10,12,25-26H,5,11,13H2,1-2H3,(H,23,24). The maximum Gasteiger partial charge on any atom is 0.369 e. The van der Waals surface area contributed by atoms with Gasteiger partial charge in [0.2, 0.25) is 0 Å². The monoisotopic (exact) mass is 369 g/mol. The first kappa shape index (κ1) is 19.1. The van der Waals surface area contributed by atoms with Crippen molar-refractivity contribution < 1.29 is 24.9 Å². The fourth-order valence-electron chi connectivity index (χ4n) is 3.10. The van der Waals surface area contributed by atoms with Crippen LogP contribution in [0.5, 0.6) is 5.75 Å². The molecule has 0 amide bonds. The minimum absolute atomic E-state index is 0.116. The highest BCUT2D eigenvalue weighted by molar-refractivity contribution is 5.86. The van der Waals surface area contributed by atoms with Crippen LogP contribution in [0, 0.1) is 0 Å². The number of aliphatic hydroxyl groups is 2. The molecule has 0 saturated carbocycles. The number of carboxylic acid groups (broad SMARTS) is 1. The molecule has 2 aromatic carbocycles. The Balaban J connectivity index is 2.15. The summed E-state index contributed by atoms with van der Waals surface area (Å²) in [7, 11) is 3.99. The molecule has 3 rings (SSSR count). The molecule has 3 N–H and O–H groups in total. The molecule has 0 atom stereocenters. The zero-order valence-electron chi connectivity index (χ0n) is 15.3. The molecule has 6 heteroatoms. The summed E-state index contributed by atoms with van der Waals surface area (Å²) in [4.78, 5) is 13.3. The zero-order chi connectivity index (χ0) is 19.6. The summed E-state index contributed by atoms with van der Waals surface area (Å²) in [5.74, 6) is -4.11. The molecule has 142 valence electrons. The van der Waals surface area contributed by atoms with Crippen molar-refractivity contribution in [3.8, 4) is 5.75 Å². The summed E-state index contributed by atoms with van der Waals surface area (Å²) in [5, 5.41) is 29.0. The maximum atomic E-state index is 11.2. The largest absolute Gasteiger partial charge is 0.488 e. The second kappa shape index (κ2) is 7.52. The fraction of sp³-hybridized carbons (Fsp3) is 0.286. The number of hydrogen-bond acceptors (Lipinski definition) is 5. The van der Waals surface area contributed by atoms with Crippen LogP contribution in [0.15, 0.2) is 48.5 Å². The second-order valence-corrected chi connectivity index (χ2v) is 6.84. The van der Waals surface area contributed by atoms with Gasteiger partial charge in [-0.2, -0.15) is 0 Å². The molecule has 6 nitrogen and oxygen atoms in total. The number of carboxylic acids is 1. The van der Waals surface area contributed by atoms with E-state index < -0.39 is 11.8 Å². The topological polar surface area (TPSA) is 90.2 Å². The molecule has 27 heavy (non-hydrogen) atoms. The van der Waals surface area contributed by atoms with Gasteiger partial charge in [-0.3, -0.25) is 0 Å². The zero-order valence-corrected chi connectivity index (χ0v) is 15.3. The van der Waals surface area contributed by atoms with E-state index in [0.717, 1.165) is 29.7 Å². The minimum Gasteiger partial charge on any atom is -0.488 e. The highest BCUT2D eigenvalue weighted by atomic mass is 16.5.